The number of benzene rings is 1. The number of carbonyl (C=O) groups excluding carboxylic acids is 1. The van der Waals surface area contributed by atoms with E-state index in [4.69, 9.17) is 0 Å². The highest BCUT2D eigenvalue weighted by atomic mass is 79.9. The molecule has 0 spiro atoms. The minimum Gasteiger partial charge on any atom is -0.321 e. The van der Waals surface area contributed by atoms with Gasteiger partial charge in [-0.25, -0.2) is 9.97 Å². The molecule has 0 atom stereocenters. The van der Waals surface area contributed by atoms with E-state index in [9.17, 15) is 18.0 Å². The summed E-state index contributed by atoms with van der Waals surface area (Å²) >= 11 is 2.86. The van der Waals surface area contributed by atoms with Gasteiger partial charge in [-0.15, -0.1) is 0 Å². The van der Waals surface area contributed by atoms with E-state index in [1.54, 1.807) is 29.1 Å². The lowest BCUT2D eigenvalue weighted by atomic mass is 10.2. The van der Waals surface area contributed by atoms with Crippen LogP contribution in [0.2, 0.25) is 0 Å². The molecule has 0 saturated heterocycles. The zero-order valence-electron chi connectivity index (χ0n) is 12.5. The van der Waals surface area contributed by atoms with Gasteiger partial charge in [0, 0.05) is 22.6 Å². The Morgan fingerprint density at radius 1 is 1.20 bits per heavy atom. The van der Waals surface area contributed by atoms with Crippen LogP contribution < -0.4 is 5.32 Å². The number of aromatic nitrogens is 3. The molecular weight excluding hydrogens is 401 g/mol. The van der Waals surface area contributed by atoms with Crippen LogP contribution in [0.4, 0.5) is 18.9 Å². The number of alkyl halides is 3. The molecule has 5 nitrogen and oxygen atoms in total. The number of pyridine rings is 1. The second-order valence-electron chi connectivity index (χ2n) is 5.00. The minimum absolute atomic E-state index is 0.0235. The Morgan fingerprint density at radius 3 is 2.68 bits per heavy atom. The van der Waals surface area contributed by atoms with Crippen molar-refractivity contribution in [2.45, 2.75) is 6.18 Å². The van der Waals surface area contributed by atoms with Crippen LogP contribution >= 0.6 is 15.9 Å². The van der Waals surface area contributed by atoms with E-state index in [-0.39, 0.29) is 15.9 Å². The highest BCUT2D eigenvalue weighted by Crippen LogP contribution is 2.36. The van der Waals surface area contributed by atoms with Crippen molar-refractivity contribution in [3.8, 4) is 5.82 Å². The first kappa shape index (κ1) is 17.2. The van der Waals surface area contributed by atoms with Crippen LogP contribution in [0.5, 0.6) is 0 Å². The molecule has 25 heavy (non-hydrogen) atoms. The molecule has 9 heteroatoms. The van der Waals surface area contributed by atoms with E-state index in [1.165, 1.54) is 24.5 Å². The van der Waals surface area contributed by atoms with Gasteiger partial charge in [0.2, 0.25) is 0 Å². The first-order valence-corrected chi connectivity index (χ1v) is 7.77. The lowest BCUT2D eigenvalue weighted by Crippen LogP contribution is -2.15. The highest BCUT2D eigenvalue weighted by molar-refractivity contribution is 9.10. The van der Waals surface area contributed by atoms with Crippen LogP contribution in [0, 0.1) is 0 Å². The summed E-state index contributed by atoms with van der Waals surface area (Å²) in [4.78, 5) is 20.4. The molecule has 128 valence electrons. The van der Waals surface area contributed by atoms with Crippen LogP contribution in [0.15, 0.2) is 59.6 Å². The molecule has 0 fully saturated rings. The number of imidazole rings is 1. The molecule has 2 aromatic heterocycles. The Labute approximate surface area is 148 Å². The Morgan fingerprint density at radius 2 is 2.00 bits per heavy atom. The zero-order valence-corrected chi connectivity index (χ0v) is 14.0. The van der Waals surface area contributed by atoms with E-state index in [1.807, 2.05) is 0 Å². The number of halogens is 4. The summed E-state index contributed by atoms with van der Waals surface area (Å²) < 4.78 is 40.3. The Bertz CT molecular complexity index is 910. The van der Waals surface area contributed by atoms with Crippen LogP contribution in [0.25, 0.3) is 5.82 Å². The molecule has 0 aliphatic heterocycles. The SMILES string of the molecule is O=C(Nc1ccc(Br)c(C(F)(F)F)c1)c1cccc(-n2ccnc2)n1. The van der Waals surface area contributed by atoms with E-state index in [2.05, 4.69) is 31.2 Å². The van der Waals surface area contributed by atoms with Gasteiger partial charge in [-0.2, -0.15) is 13.2 Å². The van der Waals surface area contributed by atoms with E-state index in [0.717, 1.165) is 6.07 Å². The fourth-order valence-electron chi connectivity index (χ4n) is 2.10. The van der Waals surface area contributed by atoms with Crippen LogP contribution in [0.3, 0.4) is 0 Å². The molecule has 1 N–H and O–H groups in total. The Hall–Kier alpha value is -2.68. The maximum Gasteiger partial charge on any atom is 0.417 e. The predicted octanol–water partition coefficient (Wildman–Crippen LogP) is 4.30. The summed E-state index contributed by atoms with van der Waals surface area (Å²) in [7, 11) is 0. The maximum atomic E-state index is 12.9. The van der Waals surface area contributed by atoms with Gasteiger partial charge in [0.25, 0.3) is 5.91 Å². The van der Waals surface area contributed by atoms with Gasteiger partial charge in [-0.05, 0) is 30.3 Å². The van der Waals surface area contributed by atoms with E-state index in [0.29, 0.717) is 5.82 Å². The minimum atomic E-state index is -4.53. The van der Waals surface area contributed by atoms with Crippen molar-refractivity contribution in [1.82, 2.24) is 14.5 Å². The van der Waals surface area contributed by atoms with Gasteiger partial charge in [-0.1, -0.05) is 22.0 Å². The number of nitrogens with one attached hydrogen (secondary N) is 1. The standard InChI is InChI=1S/C16H10BrF3N4O/c17-12-5-4-10(8-11(12)16(18,19)20)22-15(25)13-2-1-3-14(23-13)24-7-6-21-9-24/h1-9H,(H,22,25). The summed E-state index contributed by atoms with van der Waals surface area (Å²) in [5.74, 6) is -0.144. The fourth-order valence-corrected chi connectivity index (χ4v) is 2.57. The average molecular weight is 411 g/mol. The monoisotopic (exact) mass is 410 g/mol. The lowest BCUT2D eigenvalue weighted by molar-refractivity contribution is -0.138. The van der Waals surface area contributed by atoms with Crippen LogP contribution in [-0.2, 0) is 6.18 Å². The molecule has 0 unspecified atom stereocenters. The third kappa shape index (κ3) is 3.87. The third-order valence-corrected chi connectivity index (χ3v) is 3.96. The molecule has 0 aliphatic carbocycles. The summed E-state index contributed by atoms with van der Waals surface area (Å²) in [6, 6.07) is 8.24. The second-order valence-corrected chi connectivity index (χ2v) is 5.85. The molecule has 0 aliphatic rings. The number of rotatable bonds is 3. The zero-order chi connectivity index (χ0) is 18.0. The molecule has 3 rings (SSSR count). The van der Waals surface area contributed by atoms with Gasteiger partial charge < -0.3 is 5.32 Å². The molecule has 0 saturated carbocycles. The number of anilines is 1. The van der Waals surface area contributed by atoms with Crippen molar-refractivity contribution in [1.29, 1.82) is 0 Å². The average Bonchev–Trinajstić information content (AvgIpc) is 3.10. The molecule has 1 aromatic carbocycles. The molecule has 2 heterocycles. The molecule has 0 radical (unpaired) electrons. The van der Waals surface area contributed by atoms with Crippen molar-refractivity contribution in [2.24, 2.45) is 0 Å². The van der Waals surface area contributed by atoms with Crippen molar-refractivity contribution in [2.75, 3.05) is 5.32 Å². The Balaban J connectivity index is 1.85. The summed E-state index contributed by atoms with van der Waals surface area (Å²) in [5, 5.41) is 2.42. The third-order valence-electron chi connectivity index (χ3n) is 3.27. The van der Waals surface area contributed by atoms with Crippen molar-refractivity contribution in [3.63, 3.8) is 0 Å². The van der Waals surface area contributed by atoms with Crippen molar-refractivity contribution < 1.29 is 18.0 Å². The van der Waals surface area contributed by atoms with Gasteiger partial charge >= 0.3 is 6.18 Å². The number of amides is 1. The van der Waals surface area contributed by atoms with Gasteiger partial charge in [0.05, 0.1) is 5.56 Å². The smallest absolute Gasteiger partial charge is 0.321 e. The summed E-state index contributed by atoms with van der Waals surface area (Å²) in [5.41, 5.74) is -0.775. The normalized spacial score (nSPS) is 11.4. The van der Waals surface area contributed by atoms with E-state index < -0.39 is 17.6 Å². The number of carbonyl (C=O) groups is 1. The fraction of sp³-hybridized carbons (Fsp3) is 0.0625. The van der Waals surface area contributed by atoms with Crippen molar-refractivity contribution in [3.05, 3.63) is 70.8 Å². The molecule has 0 bridgehead atoms. The second kappa shape index (κ2) is 6.67. The Kier molecular flexibility index (Phi) is 4.58. The molecular formula is C16H10BrF3N4O. The van der Waals surface area contributed by atoms with Crippen LogP contribution in [-0.4, -0.2) is 20.4 Å². The number of hydrogen-bond acceptors (Lipinski definition) is 3. The number of nitrogens with zero attached hydrogens (tertiary/aromatic N) is 3. The van der Waals surface area contributed by atoms with Gasteiger partial charge in [0.1, 0.15) is 17.8 Å². The first-order chi connectivity index (χ1) is 11.8. The summed E-state index contributed by atoms with van der Waals surface area (Å²) in [6.07, 6.45) is 0.219. The largest absolute Gasteiger partial charge is 0.417 e. The lowest BCUT2D eigenvalue weighted by Gasteiger charge is -2.12. The molecule has 3 aromatic rings. The predicted molar refractivity (Wildman–Crippen MR) is 88.5 cm³/mol. The van der Waals surface area contributed by atoms with Gasteiger partial charge in [-0.3, -0.25) is 9.36 Å². The summed E-state index contributed by atoms with van der Waals surface area (Å²) in [6.45, 7) is 0. The van der Waals surface area contributed by atoms with Crippen LogP contribution in [0.1, 0.15) is 16.1 Å². The van der Waals surface area contributed by atoms with Gasteiger partial charge in [0.15, 0.2) is 0 Å². The quantitative estimate of drug-likeness (QED) is 0.699. The highest BCUT2D eigenvalue weighted by Gasteiger charge is 2.33. The molecule has 1 amide bonds. The number of hydrogen-bond donors (Lipinski definition) is 1. The topological polar surface area (TPSA) is 59.8 Å². The first-order valence-electron chi connectivity index (χ1n) is 6.98. The van der Waals surface area contributed by atoms with E-state index >= 15 is 0 Å². The van der Waals surface area contributed by atoms with Crippen molar-refractivity contribution >= 4 is 27.5 Å². The maximum absolute atomic E-state index is 12.9.